The van der Waals surface area contributed by atoms with Gasteiger partial charge in [-0.3, -0.25) is 9.59 Å². The minimum Gasteiger partial charge on any atom is -0.447 e. The second-order valence-electron chi connectivity index (χ2n) is 7.87. The molecule has 0 aliphatic heterocycles. The summed E-state index contributed by atoms with van der Waals surface area (Å²) >= 11 is 6.06. The van der Waals surface area contributed by atoms with Crippen molar-refractivity contribution in [2.45, 2.75) is 59.7 Å². The van der Waals surface area contributed by atoms with Crippen molar-refractivity contribution in [3.05, 3.63) is 34.9 Å². The van der Waals surface area contributed by atoms with Crippen molar-refractivity contribution in [1.82, 2.24) is 16.0 Å². The number of alkyl carbamates (subject to hydrolysis) is 1. The summed E-state index contributed by atoms with van der Waals surface area (Å²) in [6.45, 7) is 11.3. The van der Waals surface area contributed by atoms with Crippen molar-refractivity contribution in [3.63, 3.8) is 0 Å². The average Bonchev–Trinajstić information content (AvgIpc) is 2.61. The van der Waals surface area contributed by atoms with E-state index >= 15 is 0 Å². The van der Waals surface area contributed by atoms with E-state index in [1.54, 1.807) is 38.1 Å². The average molecular weight is 426 g/mol. The number of carbonyl (C=O) groups is 3. The number of nitrogens with one attached hydrogen (secondary N) is 3. The van der Waals surface area contributed by atoms with E-state index in [9.17, 15) is 14.4 Å². The topological polar surface area (TPSA) is 96.5 Å². The van der Waals surface area contributed by atoms with Crippen LogP contribution in [0.15, 0.2) is 24.3 Å². The molecule has 0 aliphatic carbocycles. The fourth-order valence-electron chi connectivity index (χ4n) is 2.58. The molecule has 1 aromatic rings. The lowest BCUT2D eigenvalue weighted by molar-refractivity contribution is -0.125. The second kappa shape index (κ2) is 11.7. The van der Waals surface area contributed by atoms with Crippen molar-refractivity contribution in [2.24, 2.45) is 11.8 Å². The molecule has 162 valence electrons. The molecule has 3 N–H and O–H groups in total. The number of hydrogen-bond acceptors (Lipinski definition) is 4. The SMILES string of the molecule is CC(C)OC(=O)NC(C(=O)N[C@H](CNC(=O)c1ccccc1Cl)C(C)C)C(C)C. The summed E-state index contributed by atoms with van der Waals surface area (Å²) < 4.78 is 5.07. The zero-order valence-corrected chi connectivity index (χ0v) is 18.7. The van der Waals surface area contributed by atoms with Gasteiger partial charge in [-0.05, 0) is 37.8 Å². The molecule has 1 rings (SSSR count). The molecule has 0 aliphatic rings. The van der Waals surface area contributed by atoms with Gasteiger partial charge >= 0.3 is 6.09 Å². The predicted octanol–water partition coefficient (Wildman–Crippen LogP) is 3.37. The maximum Gasteiger partial charge on any atom is 0.408 e. The Morgan fingerprint density at radius 2 is 1.59 bits per heavy atom. The number of carbonyl (C=O) groups excluding carboxylic acids is 3. The van der Waals surface area contributed by atoms with Gasteiger partial charge in [0.1, 0.15) is 6.04 Å². The molecule has 0 heterocycles. The third kappa shape index (κ3) is 8.31. The van der Waals surface area contributed by atoms with Gasteiger partial charge in [-0.2, -0.15) is 0 Å². The highest BCUT2D eigenvalue weighted by atomic mass is 35.5. The number of rotatable bonds is 9. The lowest BCUT2D eigenvalue weighted by atomic mass is 10.00. The second-order valence-corrected chi connectivity index (χ2v) is 8.28. The highest BCUT2D eigenvalue weighted by Crippen LogP contribution is 2.14. The summed E-state index contributed by atoms with van der Waals surface area (Å²) in [5.74, 6) is -0.720. The molecule has 0 radical (unpaired) electrons. The maximum atomic E-state index is 12.8. The highest BCUT2D eigenvalue weighted by Gasteiger charge is 2.28. The van der Waals surface area contributed by atoms with E-state index in [0.717, 1.165) is 0 Å². The standard InChI is InChI=1S/C21H32ClN3O4/c1-12(2)17(11-23-19(26)15-9-7-8-10-16(15)22)24-20(27)18(13(3)4)25-21(28)29-14(5)6/h7-10,12-14,17-18H,11H2,1-6H3,(H,23,26)(H,24,27)(H,25,28)/t17-,18?/m1/s1. The molecule has 0 saturated heterocycles. The van der Waals surface area contributed by atoms with Gasteiger partial charge in [0.2, 0.25) is 5.91 Å². The van der Waals surface area contributed by atoms with Crippen molar-refractivity contribution in [2.75, 3.05) is 6.54 Å². The lowest BCUT2D eigenvalue weighted by Gasteiger charge is -2.28. The molecule has 3 amide bonds. The summed E-state index contributed by atoms with van der Waals surface area (Å²) in [7, 11) is 0. The van der Waals surface area contributed by atoms with Crippen LogP contribution < -0.4 is 16.0 Å². The fourth-order valence-corrected chi connectivity index (χ4v) is 2.80. The molecule has 0 aromatic heterocycles. The molecule has 0 saturated carbocycles. The van der Waals surface area contributed by atoms with Crippen LogP contribution in [0.2, 0.25) is 5.02 Å². The van der Waals surface area contributed by atoms with Crippen LogP contribution in [0.25, 0.3) is 0 Å². The van der Waals surface area contributed by atoms with E-state index in [1.807, 2.05) is 27.7 Å². The van der Waals surface area contributed by atoms with Gasteiger partial charge in [0, 0.05) is 12.6 Å². The van der Waals surface area contributed by atoms with Crippen LogP contribution in [0.3, 0.4) is 0 Å². The first-order chi connectivity index (χ1) is 13.5. The van der Waals surface area contributed by atoms with Gasteiger partial charge in [0.05, 0.1) is 16.7 Å². The molecular formula is C21H32ClN3O4. The Kier molecular flexibility index (Phi) is 9.95. The lowest BCUT2D eigenvalue weighted by Crippen LogP contribution is -2.55. The summed E-state index contributed by atoms with van der Waals surface area (Å²) in [6.07, 6.45) is -0.920. The monoisotopic (exact) mass is 425 g/mol. The minimum absolute atomic E-state index is 0.0564. The van der Waals surface area contributed by atoms with Crippen LogP contribution in [0, 0.1) is 11.8 Å². The smallest absolute Gasteiger partial charge is 0.408 e. The van der Waals surface area contributed by atoms with E-state index < -0.39 is 12.1 Å². The van der Waals surface area contributed by atoms with Gasteiger partial charge in [-0.25, -0.2) is 4.79 Å². The molecule has 2 atom stereocenters. The molecular weight excluding hydrogens is 394 g/mol. The van der Waals surface area contributed by atoms with E-state index in [4.69, 9.17) is 16.3 Å². The largest absolute Gasteiger partial charge is 0.447 e. The van der Waals surface area contributed by atoms with Crippen LogP contribution in [0.1, 0.15) is 51.9 Å². The van der Waals surface area contributed by atoms with Gasteiger partial charge in [0.15, 0.2) is 0 Å². The summed E-state index contributed by atoms with van der Waals surface area (Å²) in [6, 6.07) is 5.70. The summed E-state index contributed by atoms with van der Waals surface area (Å²) in [5.41, 5.74) is 0.376. The van der Waals surface area contributed by atoms with Crippen molar-refractivity contribution in [1.29, 1.82) is 0 Å². The Morgan fingerprint density at radius 1 is 0.966 bits per heavy atom. The quantitative estimate of drug-likeness (QED) is 0.565. The normalized spacial score (nSPS) is 13.2. The molecule has 0 bridgehead atoms. The maximum absolute atomic E-state index is 12.8. The van der Waals surface area contributed by atoms with Crippen molar-refractivity contribution < 1.29 is 19.1 Å². The minimum atomic E-state index is -0.748. The Morgan fingerprint density at radius 3 is 2.10 bits per heavy atom. The molecule has 7 nitrogen and oxygen atoms in total. The zero-order valence-electron chi connectivity index (χ0n) is 17.9. The van der Waals surface area contributed by atoms with E-state index in [-0.39, 0.29) is 42.3 Å². The molecule has 1 aromatic carbocycles. The first-order valence-electron chi connectivity index (χ1n) is 9.83. The summed E-state index contributed by atoms with van der Waals surface area (Å²) in [5, 5.41) is 8.71. The first kappa shape index (κ1) is 24.8. The highest BCUT2D eigenvalue weighted by molar-refractivity contribution is 6.33. The van der Waals surface area contributed by atoms with E-state index in [2.05, 4.69) is 16.0 Å². The predicted molar refractivity (Wildman–Crippen MR) is 114 cm³/mol. The van der Waals surface area contributed by atoms with Crippen LogP contribution >= 0.6 is 11.6 Å². The molecule has 0 spiro atoms. The van der Waals surface area contributed by atoms with Gasteiger partial charge in [-0.1, -0.05) is 51.4 Å². The zero-order chi connectivity index (χ0) is 22.1. The summed E-state index contributed by atoms with van der Waals surface area (Å²) in [4.78, 5) is 37.1. The fraction of sp³-hybridized carbons (Fsp3) is 0.571. The Bertz CT molecular complexity index is 707. The van der Waals surface area contributed by atoms with Crippen molar-refractivity contribution >= 4 is 29.5 Å². The van der Waals surface area contributed by atoms with Crippen molar-refractivity contribution in [3.8, 4) is 0 Å². The third-order valence-electron chi connectivity index (χ3n) is 4.30. The number of hydrogen-bond donors (Lipinski definition) is 3. The molecule has 1 unspecified atom stereocenters. The first-order valence-corrected chi connectivity index (χ1v) is 10.2. The number of halogens is 1. The third-order valence-corrected chi connectivity index (χ3v) is 4.63. The number of ether oxygens (including phenoxy) is 1. The number of benzene rings is 1. The molecule has 8 heteroatoms. The van der Waals surface area contributed by atoms with Gasteiger partial charge in [0.25, 0.3) is 5.91 Å². The Hall–Kier alpha value is -2.28. The number of amides is 3. The van der Waals surface area contributed by atoms with Crippen LogP contribution in [-0.2, 0) is 9.53 Å². The van der Waals surface area contributed by atoms with Crippen LogP contribution in [0.4, 0.5) is 4.79 Å². The Labute approximate surface area is 177 Å². The van der Waals surface area contributed by atoms with E-state index in [0.29, 0.717) is 10.6 Å². The Balaban J connectivity index is 2.75. The van der Waals surface area contributed by atoms with Crippen LogP contribution in [0.5, 0.6) is 0 Å². The molecule has 29 heavy (non-hydrogen) atoms. The van der Waals surface area contributed by atoms with E-state index in [1.165, 1.54) is 0 Å². The van der Waals surface area contributed by atoms with Gasteiger partial charge < -0.3 is 20.7 Å². The van der Waals surface area contributed by atoms with Crippen LogP contribution in [-0.4, -0.2) is 42.6 Å². The molecule has 0 fully saturated rings. The van der Waals surface area contributed by atoms with Gasteiger partial charge in [-0.15, -0.1) is 0 Å².